The SMILES string of the molecule is O=C(O)[C@H]1[C@H](C(=O)Nc2cccc3ccccc23)[C@H]2O[C@H]1C(Br)=C2Br. The van der Waals surface area contributed by atoms with Gasteiger partial charge in [0.2, 0.25) is 5.91 Å². The highest BCUT2D eigenvalue weighted by Gasteiger charge is 2.58. The van der Waals surface area contributed by atoms with E-state index in [2.05, 4.69) is 37.2 Å². The topological polar surface area (TPSA) is 75.6 Å². The zero-order chi connectivity index (χ0) is 17.7. The van der Waals surface area contributed by atoms with Gasteiger partial charge in [-0.15, -0.1) is 0 Å². The normalized spacial score (nSPS) is 27.8. The van der Waals surface area contributed by atoms with E-state index in [0.29, 0.717) is 14.7 Å². The van der Waals surface area contributed by atoms with Gasteiger partial charge in [-0.1, -0.05) is 68.3 Å². The van der Waals surface area contributed by atoms with E-state index >= 15 is 0 Å². The van der Waals surface area contributed by atoms with Crippen molar-refractivity contribution in [3.63, 3.8) is 0 Å². The maximum absolute atomic E-state index is 12.9. The zero-order valence-corrected chi connectivity index (χ0v) is 16.0. The molecule has 2 aliphatic heterocycles. The number of anilines is 1. The van der Waals surface area contributed by atoms with Crippen LogP contribution in [-0.4, -0.2) is 29.2 Å². The number of carbonyl (C=O) groups is 2. The summed E-state index contributed by atoms with van der Waals surface area (Å²) in [6.07, 6.45) is -1.23. The van der Waals surface area contributed by atoms with Crippen LogP contribution in [0.1, 0.15) is 0 Å². The second kappa shape index (κ2) is 6.23. The van der Waals surface area contributed by atoms with Gasteiger partial charge in [-0.25, -0.2) is 0 Å². The molecule has 5 nitrogen and oxygen atoms in total. The van der Waals surface area contributed by atoms with Crippen LogP contribution in [0.4, 0.5) is 5.69 Å². The first-order valence-corrected chi connectivity index (χ1v) is 9.29. The van der Waals surface area contributed by atoms with Crippen molar-refractivity contribution in [2.45, 2.75) is 12.2 Å². The highest BCUT2D eigenvalue weighted by Crippen LogP contribution is 2.51. The maximum Gasteiger partial charge on any atom is 0.310 e. The van der Waals surface area contributed by atoms with Gasteiger partial charge in [0.1, 0.15) is 18.1 Å². The maximum atomic E-state index is 12.9. The van der Waals surface area contributed by atoms with E-state index in [-0.39, 0.29) is 5.91 Å². The molecule has 25 heavy (non-hydrogen) atoms. The summed E-state index contributed by atoms with van der Waals surface area (Å²) in [5.41, 5.74) is 0.661. The fourth-order valence-corrected chi connectivity index (χ4v) is 4.78. The van der Waals surface area contributed by atoms with Crippen LogP contribution >= 0.6 is 31.9 Å². The van der Waals surface area contributed by atoms with E-state index in [1.54, 1.807) is 0 Å². The lowest BCUT2D eigenvalue weighted by Gasteiger charge is -2.24. The average Bonchev–Trinajstić information content (AvgIpc) is 3.12. The standard InChI is InChI=1S/C18H13Br2NO4/c19-13-14(20)16-12(18(23)24)11(15(13)25-16)17(22)21-10-7-3-5-8-4-1-2-6-9(8)10/h1-7,11-12,15-16H,(H,21,22)(H,23,24)/t11-,12-,15+,16+/m0/s1. The Morgan fingerprint density at radius 2 is 1.60 bits per heavy atom. The molecule has 0 saturated carbocycles. The van der Waals surface area contributed by atoms with E-state index in [9.17, 15) is 14.7 Å². The van der Waals surface area contributed by atoms with Crippen molar-refractivity contribution in [1.82, 2.24) is 0 Å². The number of amides is 1. The highest BCUT2D eigenvalue weighted by molar-refractivity contribution is 9.14. The van der Waals surface area contributed by atoms with E-state index < -0.39 is 30.0 Å². The van der Waals surface area contributed by atoms with Gasteiger partial charge in [0, 0.05) is 20.0 Å². The number of ether oxygens (including phenoxy) is 1. The van der Waals surface area contributed by atoms with E-state index in [1.807, 2.05) is 42.5 Å². The number of carboxylic acids is 1. The van der Waals surface area contributed by atoms with Gasteiger partial charge in [-0.2, -0.15) is 0 Å². The summed E-state index contributed by atoms with van der Waals surface area (Å²) in [6.45, 7) is 0. The Labute approximate surface area is 160 Å². The number of hydrogen-bond donors (Lipinski definition) is 2. The van der Waals surface area contributed by atoms with Crippen LogP contribution in [0.5, 0.6) is 0 Å². The van der Waals surface area contributed by atoms with Crippen molar-refractivity contribution >= 4 is 60.2 Å². The molecule has 2 aromatic rings. The van der Waals surface area contributed by atoms with Crippen molar-refractivity contribution < 1.29 is 19.4 Å². The Bertz CT molecular complexity index is 921. The Hall–Kier alpha value is -1.70. The van der Waals surface area contributed by atoms with Gasteiger partial charge in [-0.3, -0.25) is 9.59 Å². The van der Waals surface area contributed by atoms with Gasteiger partial charge in [0.15, 0.2) is 0 Å². The molecule has 0 spiro atoms. The third kappa shape index (κ3) is 2.61. The molecule has 2 N–H and O–H groups in total. The number of hydrogen-bond acceptors (Lipinski definition) is 3. The Morgan fingerprint density at radius 1 is 0.960 bits per heavy atom. The summed E-state index contributed by atoms with van der Waals surface area (Å²) >= 11 is 6.76. The fourth-order valence-electron chi connectivity index (χ4n) is 3.54. The molecule has 1 fully saturated rings. The lowest BCUT2D eigenvalue weighted by Crippen LogP contribution is -2.41. The minimum absolute atomic E-state index is 0.354. The minimum atomic E-state index is -1.04. The molecule has 0 unspecified atom stereocenters. The summed E-state index contributed by atoms with van der Waals surface area (Å²) in [5, 5.41) is 14.4. The molecule has 7 heteroatoms. The third-order valence-electron chi connectivity index (χ3n) is 4.70. The first-order chi connectivity index (χ1) is 12.0. The molecule has 0 radical (unpaired) electrons. The molecule has 4 rings (SSSR count). The van der Waals surface area contributed by atoms with Crippen LogP contribution < -0.4 is 5.32 Å². The summed E-state index contributed by atoms with van der Waals surface area (Å²) < 4.78 is 7.09. The van der Waals surface area contributed by atoms with Crippen molar-refractivity contribution in [2.24, 2.45) is 11.8 Å². The van der Waals surface area contributed by atoms with Crippen LogP contribution in [0.25, 0.3) is 10.8 Å². The molecule has 1 amide bonds. The van der Waals surface area contributed by atoms with Crippen molar-refractivity contribution in [3.05, 3.63) is 51.4 Å². The van der Waals surface area contributed by atoms with Crippen LogP contribution in [-0.2, 0) is 14.3 Å². The molecule has 128 valence electrons. The predicted molar refractivity (Wildman–Crippen MR) is 101 cm³/mol. The van der Waals surface area contributed by atoms with Crippen LogP contribution in [0.3, 0.4) is 0 Å². The second-order valence-electron chi connectivity index (χ2n) is 6.08. The minimum Gasteiger partial charge on any atom is -0.481 e. The zero-order valence-electron chi connectivity index (χ0n) is 12.8. The first kappa shape index (κ1) is 16.8. The summed E-state index contributed by atoms with van der Waals surface area (Å²) in [7, 11) is 0. The number of carbonyl (C=O) groups excluding carboxylic acids is 1. The average molecular weight is 467 g/mol. The van der Waals surface area contributed by atoms with E-state index in [1.165, 1.54) is 0 Å². The van der Waals surface area contributed by atoms with Gasteiger partial charge >= 0.3 is 5.97 Å². The molecular formula is C18H13Br2NO4. The van der Waals surface area contributed by atoms with Crippen molar-refractivity contribution in [1.29, 1.82) is 0 Å². The van der Waals surface area contributed by atoms with Crippen LogP contribution in [0, 0.1) is 11.8 Å². The van der Waals surface area contributed by atoms with Crippen LogP contribution in [0.2, 0.25) is 0 Å². The Balaban J connectivity index is 1.68. The molecule has 2 aromatic carbocycles. The molecule has 2 bridgehead atoms. The van der Waals surface area contributed by atoms with Gasteiger partial charge in [0.25, 0.3) is 0 Å². The van der Waals surface area contributed by atoms with Crippen molar-refractivity contribution in [3.8, 4) is 0 Å². The molecule has 4 atom stereocenters. The largest absolute Gasteiger partial charge is 0.481 e. The van der Waals surface area contributed by atoms with Crippen LogP contribution in [0.15, 0.2) is 51.4 Å². The lowest BCUT2D eigenvalue weighted by molar-refractivity contribution is -0.146. The number of benzene rings is 2. The quantitative estimate of drug-likeness (QED) is 0.719. The highest BCUT2D eigenvalue weighted by atomic mass is 79.9. The molecule has 1 saturated heterocycles. The first-order valence-electron chi connectivity index (χ1n) is 7.71. The fraction of sp³-hybridized carbons (Fsp3) is 0.222. The number of fused-ring (bicyclic) bond motifs is 3. The lowest BCUT2D eigenvalue weighted by atomic mass is 9.82. The number of aliphatic carboxylic acids is 1. The Morgan fingerprint density at radius 3 is 2.32 bits per heavy atom. The molecule has 0 aliphatic carbocycles. The number of nitrogens with one attached hydrogen (secondary N) is 1. The monoisotopic (exact) mass is 465 g/mol. The van der Waals surface area contributed by atoms with Gasteiger partial charge < -0.3 is 15.2 Å². The number of rotatable bonds is 3. The predicted octanol–water partition coefficient (Wildman–Crippen LogP) is 3.88. The number of carboxylic acid groups (broad SMARTS) is 1. The molecular weight excluding hydrogens is 454 g/mol. The van der Waals surface area contributed by atoms with Gasteiger partial charge in [0.05, 0.1) is 5.92 Å². The van der Waals surface area contributed by atoms with E-state index in [4.69, 9.17) is 4.74 Å². The third-order valence-corrected chi connectivity index (χ3v) is 6.98. The molecule has 0 aromatic heterocycles. The summed E-state index contributed by atoms with van der Waals surface area (Å²) in [5.74, 6) is -3.11. The summed E-state index contributed by atoms with van der Waals surface area (Å²) in [4.78, 5) is 24.6. The van der Waals surface area contributed by atoms with Crippen molar-refractivity contribution in [2.75, 3.05) is 5.32 Å². The summed E-state index contributed by atoms with van der Waals surface area (Å²) in [6, 6.07) is 13.3. The Kier molecular flexibility index (Phi) is 4.17. The second-order valence-corrected chi connectivity index (χ2v) is 7.79. The molecule has 2 aliphatic rings. The van der Waals surface area contributed by atoms with Gasteiger partial charge in [-0.05, 0) is 11.5 Å². The smallest absolute Gasteiger partial charge is 0.310 e. The molecule has 2 heterocycles. The number of halogens is 2. The van der Waals surface area contributed by atoms with E-state index in [0.717, 1.165) is 10.8 Å².